The van der Waals surface area contributed by atoms with Gasteiger partial charge in [0.25, 0.3) is 0 Å². The van der Waals surface area contributed by atoms with E-state index < -0.39 is 0 Å². The quantitative estimate of drug-likeness (QED) is 0.931. The van der Waals surface area contributed by atoms with E-state index in [1.807, 2.05) is 17.2 Å². The van der Waals surface area contributed by atoms with Crippen molar-refractivity contribution >= 4 is 28.1 Å². The number of fused-ring (bicyclic) bond motifs is 1. The molecule has 0 unspecified atom stereocenters. The van der Waals surface area contributed by atoms with Gasteiger partial charge in [0.15, 0.2) is 5.13 Å². The largest absolute Gasteiger partial charge is 0.375 e. The molecule has 0 radical (unpaired) electrons. The summed E-state index contributed by atoms with van der Waals surface area (Å²) in [5.41, 5.74) is 8.11. The zero-order chi connectivity index (χ0) is 16.5. The number of carbonyl (C=O) groups is 1. The van der Waals surface area contributed by atoms with Gasteiger partial charge in [-0.2, -0.15) is 0 Å². The van der Waals surface area contributed by atoms with Crippen LogP contribution in [-0.2, 0) is 17.8 Å². The number of piperidine rings is 1. The number of likely N-dealkylation sites (tertiary alicyclic amines) is 1. The van der Waals surface area contributed by atoms with E-state index in [9.17, 15) is 4.79 Å². The molecule has 2 aliphatic heterocycles. The van der Waals surface area contributed by atoms with Crippen LogP contribution >= 0.6 is 11.3 Å². The number of nitrogen functional groups attached to an aromatic ring is 1. The van der Waals surface area contributed by atoms with Crippen LogP contribution in [0.1, 0.15) is 23.3 Å². The van der Waals surface area contributed by atoms with Crippen molar-refractivity contribution in [3.05, 3.63) is 40.9 Å². The van der Waals surface area contributed by atoms with E-state index in [1.165, 1.54) is 10.4 Å². The summed E-state index contributed by atoms with van der Waals surface area (Å²) in [5, 5.41) is 0.628. The molecular weight excluding hydrogens is 320 g/mol. The van der Waals surface area contributed by atoms with Gasteiger partial charge in [-0.3, -0.25) is 9.69 Å². The fourth-order valence-corrected chi connectivity index (χ4v) is 4.47. The second-order valence-corrected chi connectivity index (χ2v) is 7.73. The lowest BCUT2D eigenvalue weighted by molar-refractivity contribution is -0.123. The number of nitrogens with two attached hydrogens (primary N) is 1. The first-order valence-corrected chi connectivity index (χ1v) is 9.34. The molecule has 0 saturated carbocycles. The molecule has 2 aliphatic rings. The maximum atomic E-state index is 12.9. The first kappa shape index (κ1) is 15.6. The Hall–Kier alpha value is -1.92. The molecule has 5 nitrogen and oxygen atoms in total. The van der Waals surface area contributed by atoms with Crippen molar-refractivity contribution < 1.29 is 4.79 Å². The van der Waals surface area contributed by atoms with Gasteiger partial charge in [-0.1, -0.05) is 18.2 Å². The molecule has 126 valence electrons. The van der Waals surface area contributed by atoms with Gasteiger partial charge in [-0.25, -0.2) is 4.98 Å². The number of amides is 1. The monoisotopic (exact) mass is 342 g/mol. The molecule has 1 fully saturated rings. The molecule has 1 aromatic heterocycles. The minimum absolute atomic E-state index is 0.152. The maximum absolute atomic E-state index is 12.9. The summed E-state index contributed by atoms with van der Waals surface area (Å²) >= 11 is 1.55. The average molecular weight is 342 g/mol. The summed E-state index contributed by atoms with van der Waals surface area (Å²) < 4.78 is 0. The van der Waals surface area contributed by atoms with Crippen molar-refractivity contribution in [3.63, 3.8) is 0 Å². The molecule has 6 heteroatoms. The predicted molar refractivity (Wildman–Crippen MR) is 97.0 cm³/mol. The van der Waals surface area contributed by atoms with Crippen molar-refractivity contribution in [3.8, 4) is 0 Å². The van der Waals surface area contributed by atoms with Crippen molar-refractivity contribution in [1.82, 2.24) is 9.88 Å². The topological polar surface area (TPSA) is 62.5 Å². The minimum atomic E-state index is 0.152. The normalized spacial score (nSPS) is 18.8. The molecule has 1 amide bonds. The van der Waals surface area contributed by atoms with Gasteiger partial charge in [-0.15, -0.1) is 11.3 Å². The summed E-state index contributed by atoms with van der Waals surface area (Å²) in [6.45, 7) is 3.65. The molecule has 3 heterocycles. The summed E-state index contributed by atoms with van der Waals surface area (Å²) in [4.78, 5) is 22.6. The van der Waals surface area contributed by atoms with Crippen LogP contribution < -0.4 is 10.6 Å². The number of anilines is 2. The van der Waals surface area contributed by atoms with Crippen molar-refractivity contribution in [2.24, 2.45) is 5.92 Å². The Morgan fingerprint density at radius 1 is 1.25 bits per heavy atom. The number of nitrogens with zero attached hydrogens (tertiary/aromatic N) is 3. The van der Waals surface area contributed by atoms with Gasteiger partial charge >= 0.3 is 0 Å². The van der Waals surface area contributed by atoms with Crippen LogP contribution in [-0.4, -0.2) is 35.4 Å². The van der Waals surface area contributed by atoms with Gasteiger partial charge < -0.3 is 10.6 Å². The van der Waals surface area contributed by atoms with Crippen LogP contribution in [0.25, 0.3) is 0 Å². The van der Waals surface area contributed by atoms with E-state index in [0.717, 1.165) is 51.1 Å². The number of para-hydroxylation sites is 1. The Morgan fingerprint density at radius 2 is 2.04 bits per heavy atom. The fourth-order valence-electron chi connectivity index (χ4n) is 3.74. The summed E-state index contributed by atoms with van der Waals surface area (Å²) in [5.74, 6) is 0.459. The lowest BCUT2D eigenvalue weighted by Gasteiger charge is -2.33. The highest BCUT2D eigenvalue weighted by molar-refractivity contribution is 7.15. The van der Waals surface area contributed by atoms with Crippen LogP contribution in [0.5, 0.6) is 0 Å². The standard InChI is InChI=1S/C18H22N4OS/c19-18-20-11-15(24-18)12-21-8-5-14(6-9-21)17(23)22-10-7-13-3-1-2-4-16(13)22/h1-4,11,14H,5-10,12H2,(H2,19,20). The van der Waals surface area contributed by atoms with Crippen LogP contribution in [0, 0.1) is 5.92 Å². The molecule has 0 atom stereocenters. The molecule has 24 heavy (non-hydrogen) atoms. The lowest BCUT2D eigenvalue weighted by atomic mass is 9.95. The second kappa shape index (κ2) is 6.53. The Kier molecular flexibility index (Phi) is 4.24. The number of carbonyl (C=O) groups excluding carboxylic acids is 1. The number of hydrogen-bond acceptors (Lipinski definition) is 5. The van der Waals surface area contributed by atoms with E-state index in [4.69, 9.17) is 5.73 Å². The lowest BCUT2D eigenvalue weighted by Crippen LogP contribution is -2.41. The van der Waals surface area contributed by atoms with E-state index in [2.05, 4.69) is 28.1 Å². The van der Waals surface area contributed by atoms with Crippen molar-refractivity contribution in [2.75, 3.05) is 30.3 Å². The highest BCUT2D eigenvalue weighted by Crippen LogP contribution is 2.31. The summed E-state index contributed by atoms with van der Waals surface area (Å²) in [6.07, 6.45) is 4.71. The minimum Gasteiger partial charge on any atom is -0.375 e. The van der Waals surface area contributed by atoms with Crippen LogP contribution in [0.2, 0.25) is 0 Å². The molecule has 0 bridgehead atoms. The van der Waals surface area contributed by atoms with E-state index in [1.54, 1.807) is 11.3 Å². The molecule has 1 aromatic carbocycles. The first-order valence-electron chi connectivity index (χ1n) is 8.52. The molecule has 2 N–H and O–H groups in total. The second-order valence-electron chi connectivity index (χ2n) is 6.58. The van der Waals surface area contributed by atoms with Gasteiger partial charge in [-0.05, 0) is 44.0 Å². The molecule has 0 aliphatic carbocycles. The highest BCUT2D eigenvalue weighted by Gasteiger charge is 2.32. The molecular formula is C18H22N4OS. The van der Waals surface area contributed by atoms with Gasteiger partial charge in [0, 0.05) is 35.8 Å². The third kappa shape index (κ3) is 3.03. The van der Waals surface area contributed by atoms with Gasteiger partial charge in [0.05, 0.1) is 0 Å². The molecule has 4 rings (SSSR count). The van der Waals surface area contributed by atoms with Crippen molar-refractivity contribution in [2.45, 2.75) is 25.8 Å². The summed E-state index contributed by atoms with van der Waals surface area (Å²) in [7, 11) is 0. The number of benzene rings is 1. The van der Waals surface area contributed by atoms with Crippen molar-refractivity contribution in [1.29, 1.82) is 0 Å². The smallest absolute Gasteiger partial charge is 0.230 e. The maximum Gasteiger partial charge on any atom is 0.230 e. The number of hydrogen-bond donors (Lipinski definition) is 1. The molecule has 1 saturated heterocycles. The zero-order valence-electron chi connectivity index (χ0n) is 13.6. The first-order chi connectivity index (χ1) is 11.7. The highest BCUT2D eigenvalue weighted by atomic mass is 32.1. The Labute approximate surface area is 146 Å². The zero-order valence-corrected chi connectivity index (χ0v) is 14.5. The molecule has 0 spiro atoms. The van der Waals surface area contributed by atoms with Gasteiger partial charge in [0.2, 0.25) is 5.91 Å². The molecule has 2 aromatic rings. The number of rotatable bonds is 3. The van der Waals surface area contributed by atoms with Gasteiger partial charge in [0.1, 0.15) is 0 Å². The van der Waals surface area contributed by atoms with E-state index >= 15 is 0 Å². The Bertz CT molecular complexity index is 736. The third-order valence-corrected chi connectivity index (χ3v) is 5.85. The van der Waals surface area contributed by atoms with Crippen LogP contribution in [0.3, 0.4) is 0 Å². The Morgan fingerprint density at radius 3 is 2.79 bits per heavy atom. The SMILES string of the molecule is Nc1ncc(CN2CCC(C(=O)N3CCc4ccccc43)CC2)s1. The Balaban J connectivity index is 1.35. The van der Waals surface area contributed by atoms with E-state index in [0.29, 0.717) is 11.0 Å². The predicted octanol–water partition coefficient (Wildman–Crippen LogP) is 2.53. The number of aromatic nitrogens is 1. The number of thiazole rings is 1. The summed E-state index contributed by atoms with van der Waals surface area (Å²) in [6, 6.07) is 8.28. The third-order valence-electron chi connectivity index (χ3n) is 5.04. The fraction of sp³-hybridized carbons (Fsp3) is 0.444. The average Bonchev–Trinajstić information content (AvgIpc) is 3.21. The van der Waals surface area contributed by atoms with Crippen LogP contribution in [0.4, 0.5) is 10.8 Å². The van der Waals surface area contributed by atoms with Crippen LogP contribution in [0.15, 0.2) is 30.5 Å². The van der Waals surface area contributed by atoms with E-state index in [-0.39, 0.29) is 5.92 Å².